The number of amides is 1. The van der Waals surface area contributed by atoms with Crippen molar-refractivity contribution in [1.82, 2.24) is 0 Å². The zero-order valence-corrected chi connectivity index (χ0v) is 14.3. The predicted molar refractivity (Wildman–Crippen MR) is 95.0 cm³/mol. The number of rotatable bonds is 7. The first-order valence-electron chi connectivity index (χ1n) is 7.49. The number of methoxy groups -OCH3 is 1. The number of carboxylic acids is 1. The van der Waals surface area contributed by atoms with Crippen molar-refractivity contribution in [2.45, 2.75) is 23.5 Å². The van der Waals surface area contributed by atoms with Crippen molar-refractivity contribution in [1.29, 1.82) is 0 Å². The summed E-state index contributed by atoms with van der Waals surface area (Å²) in [7, 11) is 1.60. The highest BCUT2D eigenvalue weighted by Gasteiger charge is 2.19. The third kappa shape index (κ3) is 4.52. The van der Waals surface area contributed by atoms with E-state index in [2.05, 4.69) is 5.32 Å². The fraction of sp³-hybridized carbons (Fsp3) is 0.222. The molecule has 0 aliphatic carbocycles. The zero-order chi connectivity index (χ0) is 17.5. The predicted octanol–water partition coefficient (Wildman–Crippen LogP) is 3.90. The van der Waals surface area contributed by atoms with Crippen LogP contribution in [0.5, 0.6) is 5.75 Å². The second kappa shape index (κ2) is 8.40. The number of carboxylic acid groups (broad SMARTS) is 1. The molecule has 0 aliphatic rings. The number of hydrogen-bond donors (Lipinski definition) is 2. The topological polar surface area (TPSA) is 75.6 Å². The van der Waals surface area contributed by atoms with Crippen LogP contribution in [0.15, 0.2) is 53.4 Å². The molecular formula is C18H19NO4S. The summed E-state index contributed by atoms with van der Waals surface area (Å²) >= 11 is 1.44. The van der Waals surface area contributed by atoms with Gasteiger partial charge in [0.2, 0.25) is 5.91 Å². The van der Waals surface area contributed by atoms with E-state index in [0.29, 0.717) is 12.1 Å². The maximum absolute atomic E-state index is 12.5. The van der Waals surface area contributed by atoms with Crippen LogP contribution in [-0.2, 0) is 4.79 Å². The number of carbonyl (C=O) groups excluding carboxylic acids is 1. The Morgan fingerprint density at radius 3 is 2.42 bits per heavy atom. The highest BCUT2D eigenvalue weighted by molar-refractivity contribution is 8.00. The number of aromatic carboxylic acids is 1. The van der Waals surface area contributed by atoms with Crippen LogP contribution in [0.3, 0.4) is 0 Å². The summed E-state index contributed by atoms with van der Waals surface area (Å²) in [6.45, 7) is 1.94. The van der Waals surface area contributed by atoms with Gasteiger partial charge in [-0.05, 0) is 42.8 Å². The number of carbonyl (C=O) groups is 2. The number of thioether (sulfide) groups is 1. The van der Waals surface area contributed by atoms with Gasteiger partial charge in [-0.15, -0.1) is 11.8 Å². The van der Waals surface area contributed by atoms with Gasteiger partial charge in [0.15, 0.2) is 0 Å². The lowest BCUT2D eigenvalue weighted by atomic mass is 10.2. The van der Waals surface area contributed by atoms with E-state index in [1.165, 1.54) is 23.9 Å². The maximum atomic E-state index is 12.5. The van der Waals surface area contributed by atoms with E-state index < -0.39 is 5.97 Å². The Hall–Kier alpha value is -2.47. The molecule has 0 aromatic heterocycles. The Kier molecular flexibility index (Phi) is 6.26. The summed E-state index contributed by atoms with van der Waals surface area (Å²) in [5.74, 6) is -0.387. The van der Waals surface area contributed by atoms with Crippen LogP contribution in [-0.4, -0.2) is 29.3 Å². The fourth-order valence-electron chi connectivity index (χ4n) is 2.11. The van der Waals surface area contributed by atoms with Gasteiger partial charge in [0, 0.05) is 5.69 Å². The van der Waals surface area contributed by atoms with Crippen molar-refractivity contribution >= 4 is 29.3 Å². The Balaban J connectivity index is 2.07. The van der Waals surface area contributed by atoms with E-state index in [-0.39, 0.29) is 16.7 Å². The van der Waals surface area contributed by atoms with Crippen molar-refractivity contribution in [3.63, 3.8) is 0 Å². The highest BCUT2D eigenvalue weighted by atomic mass is 32.2. The normalized spacial score (nSPS) is 11.6. The van der Waals surface area contributed by atoms with Gasteiger partial charge < -0.3 is 15.2 Å². The molecule has 0 heterocycles. The number of benzene rings is 2. The summed E-state index contributed by atoms with van der Waals surface area (Å²) < 4.78 is 5.32. The number of para-hydroxylation sites is 1. The Labute approximate surface area is 145 Å². The molecule has 2 aromatic rings. The minimum atomic E-state index is -0.994. The first-order valence-corrected chi connectivity index (χ1v) is 8.37. The molecule has 1 amide bonds. The van der Waals surface area contributed by atoms with Gasteiger partial charge in [-0.1, -0.05) is 19.1 Å². The molecule has 6 heteroatoms. The van der Waals surface area contributed by atoms with Crippen LogP contribution < -0.4 is 10.1 Å². The molecule has 0 aliphatic heterocycles. The number of anilines is 1. The molecule has 2 rings (SSSR count). The molecule has 0 fully saturated rings. The summed E-state index contributed by atoms with van der Waals surface area (Å²) in [5, 5.41) is 11.4. The van der Waals surface area contributed by atoms with E-state index in [1.54, 1.807) is 19.2 Å². The molecule has 0 saturated heterocycles. The van der Waals surface area contributed by atoms with Crippen molar-refractivity contribution in [2.75, 3.05) is 12.4 Å². The van der Waals surface area contributed by atoms with Crippen LogP contribution >= 0.6 is 11.8 Å². The van der Waals surface area contributed by atoms with Crippen LogP contribution in [0.4, 0.5) is 5.69 Å². The minimum absolute atomic E-state index is 0.128. The van der Waals surface area contributed by atoms with Gasteiger partial charge in [-0.2, -0.15) is 0 Å². The van der Waals surface area contributed by atoms with Gasteiger partial charge in [0.1, 0.15) is 5.75 Å². The SMILES string of the molecule is CCC(Sc1ccccc1OC)C(=O)Nc1ccc(C(=O)O)cc1. The van der Waals surface area contributed by atoms with Crippen molar-refractivity contribution in [3.05, 3.63) is 54.1 Å². The van der Waals surface area contributed by atoms with E-state index in [0.717, 1.165) is 10.6 Å². The maximum Gasteiger partial charge on any atom is 0.335 e. The fourth-order valence-corrected chi connectivity index (χ4v) is 3.17. The molecule has 0 bridgehead atoms. The lowest BCUT2D eigenvalue weighted by Crippen LogP contribution is -2.24. The molecule has 126 valence electrons. The van der Waals surface area contributed by atoms with E-state index in [9.17, 15) is 9.59 Å². The lowest BCUT2D eigenvalue weighted by molar-refractivity contribution is -0.115. The zero-order valence-electron chi connectivity index (χ0n) is 13.5. The van der Waals surface area contributed by atoms with Crippen molar-refractivity contribution < 1.29 is 19.4 Å². The van der Waals surface area contributed by atoms with Gasteiger partial charge in [-0.3, -0.25) is 4.79 Å². The van der Waals surface area contributed by atoms with Crippen LogP contribution in [0.2, 0.25) is 0 Å². The quantitative estimate of drug-likeness (QED) is 0.744. The molecule has 0 spiro atoms. The van der Waals surface area contributed by atoms with Crippen LogP contribution in [0.25, 0.3) is 0 Å². The average molecular weight is 345 g/mol. The standard InChI is InChI=1S/C18H19NO4S/c1-3-15(24-16-7-5-4-6-14(16)23-2)17(20)19-13-10-8-12(9-11-13)18(21)22/h4-11,15H,3H2,1-2H3,(H,19,20)(H,21,22). The first kappa shape index (κ1) is 17.9. The third-order valence-corrected chi connectivity index (χ3v) is 4.82. The Bertz CT molecular complexity index is 715. The molecule has 2 aromatic carbocycles. The number of hydrogen-bond acceptors (Lipinski definition) is 4. The third-order valence-electron chi connectivity index (χ3n) is 3.40. The smallest absolute Gasteiger partial charge is 0.335 e. The molecule has 5 nitrogen and oxygen atoms in total. The summed E-state index contributed by atoms with van der Waals surface area (Å²) in [5.41, 5.74) is 0.757. The van der Waals surface area contributed by atoms with E-state index >= 15 is 0 Å². The largest absolute Gasteiger partial charge is 0.496 e. The molecule has 1 unspecified atom stereocenters. The summed E-state index contributed by atoms with van der Waals surface area (Å²) in [6, 6.07) is 13.7. The summed E-state index contributed by atoms with van der Waals surface area (Å²) in [4.78, 5) is 24.2. The monoisotopic (exact) mass is 345 g/mol. The molecule has 24 heavy (non-hydrogen) atoms. The highest BCUT2D eigenvalue weighted by Crippen LogP contribution is 2.33. The number of ether oxygens (including phenoxy) is 1. The van der Waals surface area contributed by atoms with E-state index in [4.69, 9.17) is 9.84 Å². The lowest BCUT2D eigenvalue weighted by Gasteiger charge is -2.16. The second-order valence-corrected chi connectivity index (χ2v) is 6.28. The van der Waals surface area contributed by atoms with Gasteiger partial charge in [-0.25, -0.2) is 4.79 Å². The molecule has 0 radical (unpaired) electrons. The van der Waals surface area contributed by atoms with Crippen LogP contribution in [0.1, 0.15) is 23.7 Å². The van der Waals surface area contributed by atoms with Crippen molar-refractivity contribution in [2.24, 2.45) is 0 Å². The molecule has 2 N–H and O–H groups in total. The molecule has 1 atom stereocenters. The first-order chi connectivity index (χ1) is 11.5. The molecular weight excluding hydrogens is 326 g/mol. The van der Waals surface area contributed by atoms with Gasteiger partial charge in [0.05, 0.1) is 22.8 Å². The van der Waals surface area contributed by atoms with Gasteiger partial charge in [0.25, 0.3) is 0 Å². The minimum Gasteiger partial charge on any atom is -0.496 e. The second-order valence-electron chi connectivity index (χ2n) is 5.04. The number of nitrogens with one attached hydrogen (secondary N) is 1. The Morgan fingerprint density at radius 1 is 1.17 bits per heavy atom. The summed E-state index contributed by atoms with van der Waals surface area (Å²) in [6.07, 6.45) is 0.655. The van der Waals surface area contributed by atoms with Gasteiger partial charge >= 0.3 is 5.97 Å². The van der Waals surface area contributed by atoms with E-state index in [1.807, 2.05) is 31.2 Å². The molecule has 0 saturated carbocycles. The average Bonchev–Trinajstić information content (AvgIpc) is 2.60. The van der Waals surface area contributed by atoms with Crippen LogP contribution in [0, 0.1) is 0 Å². The van der Waals surface area contributed by atoms with Crippen molar-refractivity contribution in [3.8, 4) is 5.75 Å². The Morgan fingerprint density at radius 2 is 1.83 bits per heavy atom.